The van der Waals surface area contributed by atoms with Crippen LogP contribution in [0.1, 0.15) is 50.9 Å². The molecule has 0 atom stereocenters. The molecule has 1 aromatic rings. The molecular formula is C17H25N3O3. The molecule has 0 spiro atoms. The zero-order valence-corrected chi connectivity index (χ0v) is 14.3. The summed E-state index contributed by atoms with van der Waals surface area (Å²) in [5, 5.41) is 3.34. The van der Waals surface area contributed by atoms with Crippen LogP contribution in [0.3, 0.4) is 0 Å². The topological polar surface area (TPSA) is 71.5 Å². The van der Waals surface area contributed by atoms with Gasteiger partial charge in [-0.15, -0.1) is 0 Å². The molecule has 23 heavy (non-hydrogen) atoms. The fourth-order valence-corrected chi connectivity index (χ4v) is 2.52. The first kappa shape index (κ1) is 17.2. The minimum Gasteiger partial charge on any atom is -0.456 e. The number of piperidine rings is 1. The number of esters is 1. The summed E-state index contributed by atoms with van der Waals surface area (Å²) in [6.07, 6.45) is 3.35. The first-order valence-electron chi connectivity index (χ1n) is 7.96. The van der Waals surface area contributed by atoms with Crippen LogP contribution >= 0.6 is 0 Å². The quantitative estimate of drug-likeness (QED) is 0.867. The van der Waals surface area contributed by atoms with Crippen LogP contribution < -0.4 is 5.32 Å². The van der Waals surface area contributed by atoms with Gasteiger partial charge in [0, 0.05) is 32.3 Å². The van der Waals surface area contributed by atoms with Gasteiger partial charge in [-0.05, 0) is 45.7 Å². The number of likely N-dealkylation sites (tertiary alicyclic amines) is 1. The normalized spacial score (nSPS) is 16.1. The number of carbonyl (C=O) groups is 2. The lowest BCUT2D eigenvalue weighted by atomic mass is 10.0. The molecule has 0 radical (unpaired) electrons. The predicted molar refractivity (Wildman–Crippen MR) is 88.3 cm³/mol. The van der Waals surface area contributed by atoms with Crippen molar-refractivity contribution < 1.29 is 14.3 Å². The Morgan fingerprint density at radius 3 is 2.52 bits per heavy atom. The van der Waals surface area contributed by atoms with E-state index in [1.807, 2.05) is 25.7 Å². The van der Waals surface area contributed by atoms with Gasteiger partial charge in [-0.1, -0.05) is 0 Å². The van der Waals surface area contributed by atoms with Gasteiger partial charge in [0.15, 0.2) is 0 Å². The number of hydrogen-bond donors (Lipinski definition) is 1. The van der Waals surface area contributed by atoms with Gasteiger partial charge in [-0.3, -0.25) is 4.79 Å². The molecule has 2 heterocycles. The van der Waals surface area contributed by atoms with Crippen LogP contribution in [-0.4, -0.2) is 46.5 Å². The number of nitrogens with one attached hydrogen (secondary N) is 1. The first-order valence-corrected chi connectivity index (χ1v) is 7.96. The standard InChI is InChI=1S/C17H25N3O3/c1-12(21)20-9-6-14(7-10-20)19-15-11-13(5-8-18-15)16(22)23-17(2,3)4/h5,8,11,14H,6-7,9-10H2,1-4H3,(H,18,19). The Hall–Kier alpha value is -2.11. The second kappa shape index (κ2) is 6.98. The molecule has 126 valence electrons. The Morgan fingerprint density at radius 1 is 1.30 bits per heavy atom. The Labute approximate surface area is 137 Å². The molecule has 1 aliphatic heterocycles. The molecule has 6 nitrogen and oxygen atoms in total. The van der Waals surface area contributed by atoms with Crippen LogP contribution in [0.2, 0.25) is 0 Å². The average Bonchev–Trinajstić information content (AvgIpc) is 2.46. The Balaban J connectivity index is 1.96. The van der Waals surface area contributed by atoms with E-state index in [2.05, 4.69) is 10.3 Å². The van der Waals surface area contributed by atoms with E-state index in [4.69, 9.17) is 4.74 Å². The summed E-state index contributed by atoms with van der Waals surface area (Å²) in [4.78, 5) is 29.6. The van der Waals surface area contributed by atoms with Crippen LogP contribution in [0.25, 0.3) is 0 Å². The largest absolute Gasteiger partial charge is 0.456 e. The third-order valence-electron chi connectivity index (χ3n) is 3.69. The molecule has 1 N–H and O–H groups in total. The Kier molecular flexibility index (Phi) is 5.23. The molecule has 0 aromatic carbocycles. The number of amides is 1. The van der Waals surface area contributed by atoms with Gasteiger partial charge in [0.25, 0.3) is 0 Å². The van der Waals surface area contributed by atoms with Crippen LogP contribution in [0.4, 0.5) is 5.82 Å². The zero-order valence-electron chi connectivity index (χ0n) is 14.3. The van der Waals surface area contributed by atoms with Crippen LogP contribution in [0, 0.1) is 0 Å². The number of anilines is 1. The molecule has 1 aliphatic rings. The highest BCUT2D eigenvalue weighted by Gasteiger charge is 2.22. The van der Waals surface area contributed by atoms with Crippen molar-refractivity contribution in [3.05, 3.63) is 23.9 Å². The summed E-state index contributed by atoms with van der Waals surface area (Å²) in [6, 6.07) is 3.62. The lowest BCUT2D eigenvalue weighted by Gasteiger charge is -2.32. The number of rotatable bonds is 3. The fourth-order valence-electron chi connectivity index (χ4n) is 2.52. The molecule has 2 rings (SSSR count). The van der Waals surface area contributed by atoms with Gasteiger partial charge in [0.2, 0.25) is 5.91 Å². The summed E-state index contributed by atoms with van der Waals surface area (Å²) in [5.74, 6) is 0.428. The number of pyridine rings is 1. The van der Waals surface area contributed by atoms with E-state index in [1.54, 1.807) is 25.3 Å². The second-order valence-corrected chi connectivity index (χ2v) is 6.86. The second-order valence-electron chi connectivity index (χ2n) is 6.86. The molecule has 6 heteroatoms. The number of nitrogens with zero attached hydrogens (tertiary/aromatic N) is 2. The summed E-state index contributed by atoms with van der Waals surface area (Å²) in [6.45, 7) is 8.62. The number of carbonyl (C=O) groups excluding carboxylic acids is 2. The van der Waals surface area contributed by atoms with E-state index in [-0.39, 0.29) is 17.9 Å². The van der Waals surface area contributed by atoms with Gasteiger partial charge in [-0.2, -0.15) is 0 Å². The van der Waals surface area contributed by atoms with Gasteiger partial charge >= 0.3 is 5.97 Å². The third-order valence-corrected chi connectivity index (χ3v) is 3.69. The maximum Gasteiger partial charge on any atom is 0.338 e. The highest BCUT2D eigenvalue weighted by Crippen LogP contribution is 2.18. The van der Waals surface area contributed by atoms with Crippen molar-refractivity contribution in [1.29, 1.82) is 0 Å². The smallest absolute Gasteiger partial charge is 0.338 e. The van der Waals surface area contributed by atoms with Crippen LogP contribution in [-0.2, 0) is 9.53 Å². The summed E-state index contributed by atoms with van der Waals surface area (Å²) >= 11 is 0. The molecule has 1 saturated heterocycles. The lowest BCUT2D eigenvalue weighted by Crippen LogP contribution is -2.41. The first-order chi connectivity index (χ1) is 10.7. The summed E-state index contributed by atoms with van der Waals surface area (Å²) < 4.78 is 5.37. The summed E-state index contributed by atoms with van der Waals surface area (Å²) in [7, 11) is 0. The van der Waals surface area contributed by atoms with E-state index < -0.39 is 5.60 Å². The third kappa shape index (κ3) is 5.23. The van der Waals surface area contributed by atoms with E-state index in [0.717, 1.165) is 25.9 Å². The SMILES string of the molecule is CC(=O)N1CCC(Nc2cc(C(=O)OC(C)(C)C)ccn2)CC1. The number of hydrogen-bond acceptors (Lipinski definition) is 5. The predicted octanol–water partition coefficient (Wildman–Crippen LogP) is 2.46. The van der Waals surface area contributed by atoms with Crippen molar-refractivity contribution in [2.24, 2.45) is 0 Å². The molecule has 1 fully saturated rings. The molecule has 0 bridgehead atoms. The molecule has 0 unspecified atom stereocenters. The number of ether oxygens (including phenoxy) is 1. The van der Waals surface area contributed by atoms with E-state index in [9.17, 15) is 9.59 Å². The van der Waals surface area contributed by atoms with Crippen molar-refractivity contribution in [2.45, 2.75) is 52.2 Å². The van der Waals surface area contributed by atoms with Gasteiger partial charge in [-0.25, -0.2) is 9.78 Å². The van der Waals surface area contributed by atoms with Crippen molar-refractivity contribution in [3.8, 4) is 0 Å². The van der Waals surface area contributed by atoms with Crippen LogP contribution in [0.15, 0.2) is 18.3 Å². The molecule has 0 saturated carbocycles. The minimum atomic E-state index is -0.520. The van der Waals surface area contributed by atoms with E-state index in [0.29, 0.717) is 11.4 Å². The van der Waals surface area contributed by atoms with Gasteiger partial charge < -0.3 is 15.0 Å². The Bertz CT molecular complexity index is 573. The zero-order chi connectivity index (χ0) is 17.0. The van der Waals surface area contributed by atoms with Crippen LogP contribution in [0.5, 0.6) is 0 Å². The summed E-state index contributed by atoms with van der Waals surface area (Å²) in [5.41, 5.74) is -0.0356. The van der Waals surface area contributed by atoms with E-state index in [1.165, 1.54) is 0 Å². The van der Waals surface area contributed by atoms with Gasteiger partial charge in [0.1, 0.15) is 11.4 Å². The molecular weight excluding hydrogens is 294 g/mol. The highest BCUT2D eigenvalue weighted by atomic mass is 16.6. The minimum absolute atomic E-state index is 0.119. The van der Waals surface area contributed by atoms with Crippen molar-refractivity contribution in [2.75, 3.05) is 18.4 Å². The maximum atomic E-state index is 12.1. The molecule has 1 amide bonds. The average molecular weight is 319 g/mol. The van der Waals surface area contributed by atoms with Crippen molar-refractivity contribution in [3.63, 3.8) is 0 Å². The monoisotopic (exact) mass is 319 g/mol. The van der Waals surface area contributed by atoms with Crippen molar-refractivity contribution >= 4 is 17.7 Å². The molecule has 1 aromatic heterocycles. The fraction of sp³-hybridized carbons (Fsp3) is 0.588. The van der Waals surface area contributed by atoms with Crippen molar-refractivity contribution in [1.82, 2.24) is 9.88 Å². The highest BCUT2D eigenvalue weighted by molar-refractivity contribution is 5.90. The number of aromatic nitrogens is 1. The Morgan fingerprint density at radius 2 is 1.96 bits per heavy atom. The van der Waals surface area contributed by atoms with Gasteiger partial charge in [0.05, 0.1) is 5.56 Å². The van der Waals surface area contributed by atoms with E-state index >= 15 is 0 Å². The maximum absolute atomic E-state index is 12.1. The lowest BCUT2D eigenvalue weighted by molar-refractivity contribution is -0.129. The molecule has 0 aliphatic carbocycles.